The van der Waals surface area contributed by atoms with Crippen molar-refractivity contribution in [2.24, 2.45) is 0 Å². The molecule has 2 rings (SSSR count). The van der Waals surface area contributed by atoms with Crippen molar-refractivity contribution < 1.29 is 0 Å². The molecule has 1 heterocycles. The van der Waals surface area contributed by atoms with Crippen LogP contribution in [0.3, 0.4) is 0 Å². The third kappa shape index (κ3) is 2.07. The highest BCUT2D eigenvalue weighted by Gasteiger charge is 2.09. The summed E-state index contributed by atoms with van der Waals surface area (Å²) in [7, 11) is 0. The monoisotopic (exact) mass is 256 g/mol. The average Bonchev–Trinajstić information content (AvgIpc) is 2.28. The van der Waals surface area contributed by atoms with Gasteiger partial charge in [-0.05, 0) is 43.0 Å². The Kier molecular flexibility index (Phi) is 3.19. The number of aromatic amines is 1. The third-order valence-electron chi connectivity index (χ3n) is 2.47. The summed E-state index contributed by atoms with van der Waals surface area (Å²) < 4.78 is 0. The SMILES string of the molecule is C[C@@H](NCl)c1cc2cc(Cl)ccc2[nH]c1=O. The zero-order valence-corrected chi connectivity index (χ0v) is 10.1. The van der Waals surface area contributed by atoms with E-state index in [1.807, 2.05) is 6.92 Å². The molecule has 0 saturated heterocycles. The number of H-pyrrole nitrogens is 1. The topological polar surface area (TPSA) is 44.9 Å². The second-order valence-corrected chi connectivity index (χ2v) is 4.27. The molecule has 2 aromatic rings. The predicted molar refractivity (Wildman–Crippen MR) is 67.0 cm³/mol. The summed E-state index contributed by atoms with van der Waals surface area (Å²) >= 11 is 11.4. The molecule has 0 spiro atoms. The molecule has 0 fully saturated rings. The van der Waals surface area contributed by atoms with Crippen LogP contribution in [-0.4, -0.2) is 4.98 Å². The molecule has 0 saturated carbocycles. The van der Waals surface area contributed by atoms with Crippen molar-refractivity contribution in [1.29, 1.82) is 0 Å². The van der Waals surface area contributed by atoms with Crippen molar-refractivity contribution in [2.75, 3.05) is 0 Å². The third-order valence-corrected chi connectivity index (χ3v) is 3.03. The van der Waals surface area contributed by atoms with E-state index in [9.17, 15) is 4.79 Å². The number of fused-ring (bicyclic) bond motifs is 1. The summed E-state index contributed by atoms with van der Waals surface area (Å²) in [5.41, 5.74) is 1.21. The fraction of sp³-hybridized carbons (Fsp3) is 0.182. The molecule has 1 atom stereocenters. The smallest absolute Gasteiger partial charge is 0.253 e. The number of nitrogens with one attached hydrogen (secondary N) is 2. The lowest BCUT2D eigenvalue weighted by atomic mass is 10.1. The van der Waals surface area contributed by atoms with Crippen molar-refractivity contribution in [3.8, 4) is 0 Å². The summed E-state index contributed by atoms with van der Waals surface area (Å²) in [6, 6.07) is 6.90. The molecule has 0 unspecified atom stereocenters. The van der Waals surface area contributed by atoms with Crippen LogP contribution < -0.4 is 10.4 Å². The number of hydrogen-bond acceptors (Lipinski definition) is 2. The molecule has 3 nitrogen and oxygen atoms in total. The highest BCUT2D eigenvalue weighted by Crippen LogP contribution is 2.19. The van der Waals surface area contributed by atoms with Crippen LogP contribution in [0.1, 0.15) is 18.5 Å². The summed E-state index contributed by atoms with van der Waals surface area (Å²) in [5.74, 6) is 0. The fourth-order valence-electron chi connectivity index (χ4n) is 1.57. The van der Waals surface area contributed by atoms with Crippen molar-refractivity contribution in [3.63, 3.8) is 0 Å². The van der Waals surface area contributed by atoms with Crippen LogP contribution in [0.2, 0.25) is 5.02 Å². The first-order valence-corrected chi connectivity index (χ1v) is 5.56. The zero-order chi connectivity index (χ0) is 11.7. The van der Waals surface area contributed by atoms with Crippen LogP contribution in [-0.2, 0) is 0 Å². The van der Waals surface area contributed by atoms with E-state index in [0.717, 1.165) is 10.9 Å². The van der Waals surface area contributed by atoms with Gasteiger partial charge >= 0.3 is 0 Å². The Bertz CT molecular complexity index is 580. The van der Waals surface area contributed by atoms with Crippen molar-refractivity contribution >= 4 is 34.3 Å². The predicted octanol–water partition coefficient (Wildman–Crippen LogP) is 2.99. The molecule has 0 aliphatic carbocycles. The Balaban J connectivity index is 2.69. The van der Waals surface area contributed by atoms with Gasteiger partial charge in [0.25, 0.3) is 5.56 Å². The van der Waals surface area contributed by atoms with Gasteiger partial charge in [-0.2, -0.15) is 0 Å². The number of rotatable bonds is 2. The van der Waals surface area contributed by atoms with E-state index >= 15 is 0 Å². The maximum Gasteiger partial charge on any atom is 0.253 e. The summed E-state index contributed by atoms with van der Waals surface area (Å²) in [5, 5.41) is 1.53. The quantitative estimate of drug-likeness (QED) is 0.812. The first-order chi connectivity index (χ1) is 7.61. The number of aromatic nitrogens is 1. The van der Waals surface area contributed by atoms with Gasteiger partial charge in [-0.15, -0.1) is 0 Å². The highest BCUT2D eigenvalue weighted by atomic mass is 35.5. The van der Waals surface area contributed by atoms with Gasteiger partial charge in [-0.3, -0.25) is 4.79 Å². The average molecular weight is 257 g/mol. The Hall–Kier alpha value is -1.03. The minimum atomic E-state index is -0.214. The largest absolute Gasteiger partial charge is 0.322 e. The fourth-order valence-corrected chi connectivity index (χ4v) is 1.87. The molecule has 84 valence electrons. The number of benzene rings is 1. The molecule has 16 heavy (non-hydrogen) atoms. The normalized spacial score (nSPS) is 12.9. The summed E-state index contributed by atoms with van der Waals surface area (Å²) in [6.07, 6.45) is 0. The van der Waals surface area contributed by atoms with Gasteiger partial charge in [-0.1, -0.05) is 11.6 Å². The maximum atomic E-state index is 11.7. The van der Waals surface area contributed by atoms with E-state index in [1.54, 1.807) is 24.3 Å². The minimum absolute atomic E-state index is 0.143. The van der Waals surface area contributed by atoms with Crippen LogP contribution in [0.5, 0.6) is 0 Å². The van der Waals surface area contributed by atoms with Crippen molar-refractivity contribution in [2.45, 2.75) is 13.0 Å². The lowest BCUT2D eigenvalue weighted by Crippen LogP contribution is -2.19. The van der Waals surface area contributed by atoms with Gasteiger partial charge in [0, 0.05) is 27.5 Å². The molecule has 0 aliphatic heterocycles. The van der Waals surface area contributed by atoms with Gasteiger partial charge in [-0.25, -0.2) is 4.84 Å². The van der Waals surface area contributed by atoms with Crippen LogP contribution in [0, 0.1) is 0 Å². The first-order valence-electron chi connectivity index (χ1n) is 4.80. The van der Waals surface area contributed by atoms with Crippen LogP contribution >= 0.6 is 23.4 Å². The molecule has 0 aliphatic rings. The van der Waals surface area contributed by atoms with E-state index in [0.29, 0.717) is 10.6 Å². The van der Waals surface area contributed by atoms with E-state index in [2.05, 4.69) is 9.82 Å². The molecule has 2 N–H and O–H groups in total. The van der Waals surface area contributed by atoms with Gasteiger partial charge in [0.2, 0.25) is 0 Å². The maximum absolute atomic E-state index is 11.7. The van der Waals surface area contributed by atoms with Crippen LogP contribution in [0.15, 0.2) is 29.1 Å². The van der Waals surface area contributed by atoms with Gasteiger partial charge in [0.1, 0.15) is 0 Å². The highest BCUT2D eigenvalue weighted by molar-refractivity contribution is 6.31. The first kappa shape index (κ1) is 11.5. The molecule has 0 bridgehead atoms. The van der Waals surface area contributed by atoms with E-state index in [1.165, 1.54) is 0 Å². The van der Waals surface area contributed by atoms with Crippen molar-refractivity contribution in [3.05, 3.63) is 45.2 Å². The van der Waals surface area contributed by atoms with Crippen molar-refractivity contribution in [1.82, 2.24) is 9.82 Å². The summed E-state index contributed by atoms with van der Waals surface area (Å²) in [6.45, 7) is 1.81. The Labute approximate surface area is 102 Å². The van der Waals surface area contributed by atoms with E-state index in [4.69, 9.17) is 23.4 Å². The van der Waals surface area contributed by atoms with Gasteiger partial charge in [0.15, 0.2) is 0 Å². The minimum Gasteiger partial charge on any atom is -0.322 e. The van der Waals surface area contributed by atoms with Crippen LogP contribution in [0.4, 0.5) is 0 Å². The number of pyridine rings is 1. The Morgan fingerprint density at radius 2 is 2.12 bits per heavy atom. The van der Waals surface area contributed by atoms with Gasteiger partial charge < -0.3 is 4.98 Å². The standard InChI is InChI=1S/C11H10Cl2N2O/c1-6(15-13)9-5-7-4-8(12)2-3-10(7)14-11(9)16/h2-6,15H,1H3,(H,14,16)/t6-/m1/s1. The second kappa shape index (κ2) is 4.45. The van der Waals surface area contributed by atoms with E-state index < -0.39 is 0 Å². The van der Waals surface area contributed by atoms with Gasteiger partial charge in [0.05, 0.1) is 0 Å². The second-order valence-electron chi connectivity index (χ2n) is 3.62. The molecule has 5 heteroatoms. The molecule has 0 amide bonds. The Morgan fingerprint density at radius 1 is 1.38 bits per heavy atom. The molecular weight excluding hydrogens is 247 g/mol. The summed E-state index contributed by atoms with van der Waals surface area (Å²) in [4.78, 5) is 17.0. The number of hydrogen-bond donors (Lipinski definition) is 2. The Morgan fingerprint density at radius 3 is 2.81 bits per heavy atom. The molecule has 1 aromatic carbocycles. The molecule has 0 radical (unpaired) electrons. The lowest BCUT2D eigenvalue weighted by molar-refractivity contribution is 0.735. The lowest BCUT2D eigenvalue weighted by Gasteiger charge is -2.08. The van der Waals surface area contributed by atoms with Crippen LogP contribution in [0.25, 0.3) is 10.9 Å². The van der Waals surface area contributed by atoms with E-state index in [-0.39, 0.29) is 11.6 Å². The number of halogens is 2. The molecule has 1 aromatic heterocycles. The molecular formula is C11H10Cl2N2O. The zero-order valence-electron chi connectivity index (χ0n) is 8.55.